The Labute approximate surface area is 90.4 Å². The minimum absolute atomic E-state index is 0.236. The Morgan fingerprint density at radius 2 is 2.27 bits per heavy atom. The first kappa shape index (κ1) is 10.3. The Balaban J connectivity index is 2.30. The topological polar surface area (TPSA) is 30.5 Å². The van der Waals surface area contributed by atoms with Crippen LogP contribution in [0, 0.1) is 0 Å². The van der Waals surface area contributed by atoms with Crippen molar-refractivity contribution in [1.29, 1.82) is 0 Å². The summed E-state index contributed by atoms with van der Waals surface area (Å²) in [4.78, 5) is 0. The van der Waals surface area contributed by atoms with Crippen LogP contribution >= 0.6 is 0 Å². The molecule has 0 spiro atoms. The number of fused-ring (bicyclic) bond motifs is 1. The molecule has 15 heavy (non-hydrogen) atoms. The van der Waals surface area contributed by atoms with Crippen molar-refractivity contribution in [2.45, 2.75) is 18.9 Å². The number of methoxy groups -OCH3 is 1. The lowest BCUT2D eigenvalue weighted by atomic mass is 9.96. The van der Waals surface area contributed by atoms with Crippen molar-refractivity contribution in [3.05, 3.63) is 23.8 Å². The van der Waals surface area contributed by atoms with Gasteiger partial charge in [-0.25, -0.2) is 0 Å². The van der Waals surface area contributed by atoms with Crippen molar-refractivity contribution < 1.29 is 9.47 Å². The second-order valence-corrected chi connectivity index (χ2v) is 3.89. The van der Waals surface area contributed by atoms with Crippen LogP contribution in [0.15, 0.2) is 18.2 Å². The zero-order valence-corrected chi connectivity index (χ0v) is 9.41. The van der Waals surface area contributed by atoms with E-state index in [1.165, 1.54) is 5.56 Å². The maximum atomic E-state index is 5.79. The fourth-order valence-corrected chi connectivity index (χ4v) is 2.08. The average molecular weight is 207 g/mol. The van der Waals surface area contributed by atoms with E-state index in [2.05, 4.69) is 18.3 Å². The first-order chi connectivity index (χ1) is 7.26. The number of hydrogen-bond donors (Lipinski definition) is 1. The van der Waals surface area contributed by atoms with Crippen molar-refractivity contribution in [3.63, 3.8) is 0 Å². The molecule has 2 rings (SSSR count). The van der Waals surface area contributed by atoms with Gasteiger partial charge in [-0.05, 0) is 20.0 Å². The van der Waals surface area contributed by atoms with Crippen LogP contribution in [0.2, 0.25) is 0 Å². The minimum Gasteiger partial charge on any atom is -0.497 e. The maximum Gasteiger partial charge on any atom is 0.127 e. The van der Waals surface area contributed by atoms with E-state index in [0.29, 0.717) is 5.92 Å². The van der Waals surface area contributed by atoms with E-state index in [-0.39, 0.29) is 6.10 Å². The van der Waals surface area contributed by atoms with Crippen LogP contribution in [-0.2, 0) is 0 Å². The molecule has 0 fully saturated rings. The first-order valence-corrected chi connectivity index (χ1v) is 5.25. The third kappa shape index (κ3) is 1.79. The Kier molecular flexibility index (Phi) is 2.82. The molecule has 3 nitrogen and oxygen atoms in total. The van der Waals surface area contributed by atoms with E-state index in [1.807, 2.05) is 19.2 Å². The highest BCUT2D eigenvalue weighted by atomic mass is 16.5. The van der Waals surface area contributed by atoms with Crippen molar-refractivity contribution in [3.8, 4) is 11.5 Å². The maximum absolute atomic E-state index is 5.79. The van der Waals surface area contributed by atoms with Gasteiger partial charge in [0.15, 0.2) is 0 Å². The molecule has 0 bridgehead atoms. The minimum atomic E-state index is 0.236. The largest absolute Gasteiger partial charge is 0.497 e. The predicted octanol–water partition coefficient (Wildman–Crippen LogP) is 1.78. The lowest BCUT2D eigenvalue weighted by molar-refractivity contribution is 0.224. The number of rotatable bonds is 3. The van der Waals surface area contributed by atoms with Gasteiger partial charge in [-0.1, -0.05) is 6.07 Å². The van der Waals surface area contributed by atoms with Crippen molar-refractivity contribution in [2.24, 2.45) is 0 Å². The fraction of sp³-hybridized carbons (Fsp3) is 0.500. The summed E-state index contributed by atoms with van der Waals surface area (Å²) in [7, 11) is 3.64. The molecule has 3 heteroatoms. The van der Waals surface area contributed by atoms with Crippen LogP contribution in [0.5, 0.6) is 11.5 Å². The Morgan fingerprint density at radius 3 is 2.93 bits per heavy atom. The molecule has 2 unspecified atom stereocenters. The molecule has 0 radical (unpaired) electrons. The smallest absolute Gasteiger partial charge is 0.127 e. The summed E-state index contributed by atoms with van der Waals surface area (Å²) in [5, 5.41) is 3.20. The quantitative estimate of drug-likeness (QED) is 0.819. The van der Waals surface area contributed by atoms with Gasteiger partial charge in [0.25, 0.3) is 0 Å². The molecule has 82 valence electrons. The number of nitrogens with one attached hydrogen (secondary N) is 1. The van der Waals surface area contributed by atoms with Crippen LogP contribution in [0.4, 0.5) is 0 Å². The fourth-order valence-electron chi connectivity index (χ4n) is 2.08. The number of ether oxygens (including phenoxy) is 2. The van der Waals surface area contributed by atoms with Gasteiger partial charge < -0.3 is 14.8 Å². The molecule has 0 saturated carbocycles. The molecule has 1 aromatic rings. The number of benzene rings is 1. The van der Waals surface area contributed by atoms with E-state index in [1.54, 1.807) is 7.11 Å². The standard InChI is InChI=1S/C12H17NO2/c1-8-11(7-13-2)10-5-4-9(14-3)6-12(10)15-8/h4-6,8,11,13H,7H2,1-3H3. The van der Waals surface area contributed by atoms with Crippen molar-refractivity contribution in [1.82, 2.24) is 5.32 Å². The average Bonchev–Trinajstić information content (AvgIpc) is 2.55. The van der Waals surface area contributed by atoms with Crippen molar-refractivity contribution in [2.75, 3.05) is 20.7 Å². The molecule has 1 N–H and O–H groups in total. The second kappa shape index (κ2) is 4.11. The zero-order chi connectivity index (χ0) is 10.8. The van der Waals surface area contributed by atoms with E-state index in [4.69, 9.17) is 9.47 Å². The summed E-state index contributed by atoms with van der Waals surface area (Å²) in [5.74, 6) is 2.25. The van der Waals surface area contributed by atoms with E-state index in [0.717, 1.165) is 18.0 Å². The van der Waals surface area contributed by atoms with Crippen LogP contribution in [0.3, 0.4) is 0 Å². The summed E-state index contributed by atoms with van der Waals surface area (Å²) < 4.78 is 11.0. The van der Waals surface area contributed by atoms with Gasteiger partial charge in [0.05, 0.1) is 7.11 Å². The molecular formula is C12H17NO2. The zero-order valence-electron chi connectivity index (χ0n) is 9.41. The monoisotopic (exact) mass is 207 g/mol. The van der Waals surface area contributed by atoms with Crippen LogP contribution < -0.4 is 14.8 Å². The lowest BCUT2D eigenvalue weighted by Crippen LogP contribution is -2.24. The molecule has 1 aliphatic heterocycles. The number of likely N-dealkylation sites (N-methyl/N-ethyl adjacent to an activating group) is 1. The summed E-state index contributed by atoms with van der Waals surface area (Å²) in [6.07, 6.45) is 0.236. The van der Waals surface area contributed by atoms with Gasteiger partial charge in [0, 0.05) is 24.1 Å². The molecular weight excluding hydrogens is 190 g/mol. The lowest BCUT2D eigenvalue weighted by Gasteiger charge is -2.13. The third-order valence-electron chi connectivity index (χ3n) is 2.92. The SMILES string of the molecule is CNCC1c2ccc(OC)cc2OC1C. The Hall–Kier alpha value is -1.22. The van der Waals surface area contributed by atoms with E-state index >= 15 is 0 Å². The highest BCUT2D eigenvalue weighted by molar-refractivity contribution is 5.46. The molecule has 1 aliphatic rings. The van der Waals surface area contributed by atoms with Gasteiger partial charge in [0.1, 0.15) is 17.6 Å². The van der Waals surface area contributed by atoms with Gasteiger partial charge >= 0.3 is 0 Å². The highest BCUT2D eigenvalue weighted by Crippen LogP contribution is 2.39. The van der Waals surface area contributed by atoms with E-state index < -0.39 is 0 Å². The second-order valence-electron chi connectivity index (χ2n) is 3.89. The Bertz CT molecular complexity index is 351. The predicted molar refractivity (Wildman–Crippen MR) is 59.8 cm³/mol. The van der Waals surface area contributed by atoms with E-state index in [9.17, 15) is 0 Å². The molecule has 0 aliphatic carbocycles. The van der Waals surface area contributed by atoms with Crippen molar-refractivity contribution >= 4 is 0 Å². The van der Waals surface area contributed by atoms with Gasteiger partial charge in [-0.15, -0.1) is 0 Å². The molecule has 0 amide bonds. The summed E-state index contributed by atoms with van der Waals surface area (Å²) in [6, 6.07) is 6.05. The van der Waals surface area contributed by atoms with Crippen LogP contribution in [-0.4, -0.2) is 26.8 Å². The van der Waals surface area contributed by atoms with Gasteiger partial charge in [-0.2, -0.15) is 0 Å². The van der Waals surface area contributed by atoms with Crippen LogP contribution in [0.25, 0.3) is 0 Å². The number of hydrogen-bond acceptors (Lipinski definition) is 3. The van der Waals surface area contributed by atoms with Gasteiger partial charge in [0.2, 0.25) is 0 Å². The third-order valence-corrected chi connectivity index (χ3v) is 2.92. The molecule has 2 atom stereocenters. The van der Waals surface area contributed by atoms with Crippen LogP contribution in [0.1, 0.15) is 18.4 Å². The molecule has 0 aromatic heterocycles. The van der Waals surface area contributed by atoms with Gasteiger partial charge in [-0.3, -0.25) is 0 Å². The molecule has 0 saturated heterocycles. The first-order valence-electron chi connectivity index (χ1n) is 5.25. The normalized spacial score (nSPS) is 23.4. The Morgan fingerprint density at radius 1 is 1.47 bits per heavy atom. The summed E-state index contributed by atoms with van der Waals surface area (Å²) >= 11 is 0. The molecule has 1 aromatic carbocycles. The highest BCUT2D eigenvalue weighted by Gasteiger charge is 2.30. The molecule has 1 heterocycles. The summed E-state index contributed by atoms with van der Waals surface area (Å²) in [6.45, 7) is 3.05. The summed E-state index contributed by atoms with van der Waals surface area (Å²) in [5.41, 5.74) is 1.28.